The molecule has 2 aliphatic carbocycles. The van der Waals surface area contributed by atoms with E-state index in [9.17, 15) is 0 Å². The maximum atomic E-state index is 6.20. The fourth-order valence-corrected chi connectivity index (χ4v) is 6.20. The van der Waals surface area contributed by atoms with Crippen LogP contribution in [0.1, 0.15) is 73.1 Å². The van der Waals surface area contributed by atoms with Crippen LogP contribution in [0.3, 0.4) is 0 Å². The van der Waals surface area contributed by atoms with E-state index in [0.717, 1.165) is 41.2 Å². The number of nitrogens with two attached hydrogens (primary N) is 1. The van der Waals surface area contributed by atoms with Gasteiger partial charge in [0.1, 0.15) is 5.69 Å². The van der Waals surface area contributed by atoms with E-state index in [1.54, 1.807) is 11.8 Å². The average molecular weight is 424 g/mol. The lowest BCUT2D eigenvalue weighted by Gasteiger charge is -2.53. The normalized spacial score (nSPS) is 32.2. The van der Waals surface area contributed by atoms with Crippen LogP contribution in [0.15, 0.2) is 29.5 Å². The van der Waals surface area contributed by atoms with Crippen molar-refractivity contribution in [1.29, 1.82) is 0 Å². The van der Waals surface area contributed by atoms with Crippen molar-refractivity contribution < 1.29 is 9.48 Å². The average Bonchev–Trinajstić information content (AvgIpc) is 3.05. The highest BCUT2D eigenvalue weighted by Gasteiger charge is 2.47. The summed E-state index contributed by atoms with van der Waals surface area (Å²) in [5.74, 6) is 2.43. The van der Waals surface area contributed by atoms with E-state index < -0.39 is 0 Å². The van der Waals surface area contributed by atoms with Crippen molar-refractivity contribution in [1.82, 2.24) is 10.2 Å². The summed E-state index contributed by atoms with van der Waals surface area (Å²) in [5, 5.41) is 8.29. The van der Waals surface area contributed by atoms with Crippen LogP contribution in [0.4, 0.5) is 17.2 Å². The molecule has 4 unspecified atom stereocenters. The fraction of sp³-hybridized carbons (Fsp3) is 0.654. The monoisotopic (exact) mass is 423 g/mol. The first-order valence-corrected chi connectivity index (χ1v) is 12.1. The first-order valence-electron chi connectivity index (χ1n) is 12.1. The molecule has 5 heteroatoms. The van der Waals surface area contributed by atoms with Crippen LogP contribution < -0.4 is 10.6 Å². The van der Waals surface area contributed by atoms with E-state index in [-0.39, 0.29) is 0 Å². The lowest BCUT2D eigenvalue weighted by atomic mass is 9.52. The van der Waals surface area contributed by atoms with E-state index in [1.807, 2.05) is 0 Å². The number of allylic oxidation sites excluding steroid dienone is 3. The largest absolute Gasteiger partial charge is 0.392 e. The van der Waals surface area contributed by atoms with E-state index in [2.05, 4.69) is 74.9 Å². The summed E-state index contributed by atoms with van der Waals surface area (Å²) in [6.45, 7) is 13.1. The Morgan fingerprint density at radius 1 is 1.32 bits per heavy atom. The maximum Gasteiger partial charge on any atom is 0.337 e. The van der Waals surface area contributed by atoms with Crippen molar-refractivity contribution in [2.75, 3.05) is 19.3 Å². The molecule has 0 spiro atoms. The molecule has 2 heterocycles. The van der Waals surface area contributed by atoms with Gasteiger partial charge in [0.05, 0.1) is 13.2 Å². The highest BCUT2D eigenvalue weighted by Crippen LogP contribution is 2.58. The number of aromatic nitrogens is 2. The highest BCUT2D eigenvalue weighted by atomic mass is 15.3. The Balaban J connectivity index is 1.46. The number of hydrogen-bond acceptors (Lipinski definition) is 3. The van der Waals surface area contributed by atoms with E-state index >= 15 is 0 Å². The standard InChI is InChI=1S/C26H40N5/c1-18(12-15-31-17-30(6)24-23(31)22(27)16-28-29-24)11-14-26(5)19(2)9-10-20-21(26)8-7-13-25(20,3)4/h8,12,16-17,19-20H,7,9-11,13-15H2,1-6H3,(H2,27,29)/q+1/p+1. The molecular formula is C26H41N5+2. The Morgan fingerprint density at radius 2 is 2.10 bits per heavy atom. The Morgan fingerprint density at radius 3 is 2.87 bits per heavy atom. The number of nitrogen functional groups attached to an aromatic ring is 1. The van der Waals surface area contributed by atoms with Crippen LogP contribution in [0.2, 0.25) is 0 Å². The molecule has 3 N–H and O–H groups in total. The fourth-order valence-electron chi connectivity index (χ4n) is 6.20. The number of hydrogen-bond donors (Lipinski definition) is 2. The zero-order valence-electron chi connectivity index (χ0n) is 20.3. The summed E-state index contributed by atoms with van der Waals surface area (Å²) in [4.78, 5) is 1.13. The second-order valence-corrected chi connectivity index (χ2v) is 11.1. The molecule has 1 aromatic heterocycles. The minimum atomic E-state index is 0.326. The quantitative estimate of drug-likeness (QED) is 0.544. The minimum Gasteiger partial charge on any atom is -0.392 e. The SMILES string of the molecule is CC(=CC[N+]1=C[NH+](C)c2nncc(N)c21)CCC1(C)C2=CCCC(C)(C)C2CCC1C. The lowest BCUT2D eigenvalue weighted by Crippen LogP contribution is -3.02. The summed E-state index contributed by atoms with van der Waals surface area (Å²) in [6, 6.07) is 0. The van der Waals surface area contributed by atoms with E-state index in [4.69, 9.17) is 5.73 Å². The van der Waals surface area contributed by atoms with Crippen molar-refractivity contribution in [3.63, 3.8) is 0 Å². The zero-order valence-corrected chi connectivity index (χ0v) is 20.3. The van der Waals surface area contributed by atoms with Gasteiger partial charge in [-0.05, 0) is 74.2 Å². The lowest BCUT2D eigenvalue weighted by molar-refractivity contribution is -0.711. The van der Waals surface area contributed by atoms with Crippen LogP contribution in [0.5, 0.6) is 0 Å². The molecule has 0 radical (unpaired) electrons. The van der Waals surface area contributed by atoms with Gasteiger partial charge < -0.3 is 5.73 Å². The molecule has 0 amide bonds. The third-order valence-corrected chi connectivity index (χ3v) is 8.64. The van der Waals surface area contributed by atoms with Gasteiger partial charge in [0.25, 0.3) is 0 Å². The molecule has 1 saturated carbocycles. The minimum absolute atomic E-state index is 0.326. The second kappa shape index (κ2) is 8.16. The molecule has 0 aromatic carbocycles. The molecule has 31 heavy (non-hydrogen) atoms. The van der Waals surface area contributed by atoms with Gasteiger partial charge in [-0.3, -0.25) is 0 Å². The van der Waals surface area contributed by atoms with Crippen LogP contribution in [0, 0.1) is 22.7 Å². The molecule has 168 valence electrons. The Labute approximate surface area is 188 Å². The number of rotatable bonds is 5. The van der Waals surface area contributed by atoms with Gasteiger partial charge in [-0.1, -0.05) is 50.0 Å². The van der Waals surface area contributed by atoms with Crippen molar-refractivity contribution in [3.8, 4) is 0 Å². The third kappa shape index (κ3) is 3.97. The van der Waals surface area contributed by atoms with Gasteiger partial charge >= 0.3 is 17.8 Å². The van der Waals surface area contributed by atoms with Gasteiger partial charge in [0, 0.05) is 0 Å². The first kappa shape index (κ1) is 22.2. The third-order valence-electron chi connectivity index (χ3n) is 8.64. The van der Waals surface area contributed by atoms with Crippen LogP contribution in [-0.4, -0.2) is 34.7 Å². The van der Waals surface area contributed by atoms with Crippen molar-refractivity contribution in [2.24, 2.45) is 22.7 Å². The van der Waals surface area contributed by atoms with Gasteiger partial charge in [-0.25, -0.2) is 4.90 Å². The highest BCUT2D eigenvalue weighted by molar-refractivity contribution is 5.70. The van der Waals surface area contributed by atoms with Crippen molar-refractivity contribution in [3.05, 3.63) is 29.5 Å². The maximum absolute atomic E-state index is 6.20. The predicted molar refractivity (Wildman–Crippen MR) is 128 cm³/mol. The van der Waals surface area contributed by atoms with Crippen molar-refractivity contribution >= 4 is 23.5 Å². The van der Waals surface area contributed by atoms with E-state index in [0.29, 0.717) is 16.5 Å². The Kier molecular flexibility index (Phi) is 5.84. The molecular weight excluding hydrogens is 382 g/mol. The summed E-state index contributed by atoms with van der Waals surface area (Å²) in [6.07, 6.45) is 16.5. The van der Waals surface area contributed by atoms with Crippen LogP contribution in [0.25, 0.3) is 0 Å². The summed E-state index contributed by atoms with van der Waals surface area (Å²) >= 11 is 0. The van der Waals surface area contributed by atoms with Crippen LogP contribution in [-0.2, 0) is 0 Å². The molecule has 3 aliphatic rings. The summed E-state index contributed by atoms with van der Waals surface area (Å²) in [5.41, 5.74) is 11.9. The number of fused-ring (bicyclic) bond motifs is 2. The number of nitrogens with one attached hydrogen (secondary N) is 1. The summed E-state index contributed by atoms with van der Waals surface area (Å²) < 4.78 is 2.21. The molecule has 4 rings (SSSR count). The number of nitrogens with zero attached hydrogens (tertiary/aromatic N) is 3. The van der Waals surface area contributed by atoms with Crippen molar-refractivity contribution in [2.45, 2.75) is 73.1 Å². The van der Waals surface area contributed by atoms with Gasteiger partial charge in [0.2, 0.25) is 0 Å². The zero-order chi connectivity index (χ0) is 22.4. The second-order valence-electron chi connectivity index (χ2n) is 11.1. The van der Waals surface area contributed by atoms with E-state index in [1.165, 1.54) is 37.7 Å². The Hall–Kier alpha value is -2.01. The molecule has 1 aliphatic heterocycles. The Bertz CT molecular complexity index is 941. The molecule has 4 atom stereocenters. The number of quaternary nitrogens is 1. The molecule has 0 bridgehead atoms. The van der Waals surface area contributed by atoms with Gasteiger partial charge in [-0.15, -0.1) is 4.58 Å². The molecule has 5 nitrogen and oxygen atoms in total. The first-order chi connectivity index (χ1) is 14.6. The molecule has 1 fully saturated rings. The molecule has 1 aromatic rings. The topological polar surface area (TPSA) is 59.2 Å². The predicted octanol–water partition coefficient (Wildman–Crippen LogP) is 4.42. The van der Waals surface area contributed by atoms with Gasteiger partial charge in [0.15, 0.2) is 6.54 Å². The van der Waals surface area contributed by atoms with Gasteiger partial charge in [-0.2, -0.15) is 5.10 Å². The van der Waals surface area contributed by atoms with Crippen LogP contribution >= 0.6 is 0 Å². The summed E-state index contributed by atoms with van der Waals surface area (Å²) in [7, 11) is 2.07. The smallest absolute Gasteiger partial charge is 0.337 e. The number of anilines is 1. The molecule has 0 saturated heterocycles.